The summed E-state index contributed by atoms with van der Waals surface area (Å²) in [6.07, 6.45) is 15.7. The summed E-state index contributed by atoms with van der Waals surface area (Å²) in [6, 6.07) is 0.388. The van der Waals surface area contributed by atoms with Crippen molar-refractivity contribution in [1.82, 2.24) is 19.6 Å². The Hall–Kier alpha value is -2.17. The van der Waals surface area contributed by atoms with E-state index in [1.165, 1.54) is 31.3 Å². The summed E-state index contributed by atoms with van der Waals surface area (Å²) in [6.45, 7) is 0. The van der Waals surface area contributed by atoms with Gasteiger partial charge in [0.1, 0.15) is 6.33 Å². The lowest BCUT2D eigenvalue weighted by Crippen LogP contribution is -2.27. The lowest BCUT2D eigenvalue weighted by molar-refractivity contribution is 0.599. The summed E-state index contributed by atoms with van der Waals surface area (Å²) in [5.41, 5.74) is 3.88. The second kappa shape index (κ2) is 4.74. The van der Waals surface area contributed by atoms with Crippen molar-refractivity contribution >= 4 is 11.5 Å². The van der Waals surface area contributed by atoms with Crippen LogP contribution in [0.2, 0.25) is 0 Å². The van der Waals surface area contributed by atoms with Gasteiger partial charge in [0.05, 0.1) is 0 Å². The maximum Gasteiger partial charge on any atom is 0.196 e. The van der Waals surface area contributed by atoms with Gasteiger partial charge in [0.2, 0.25) is 0 Å². The molecule has 1 unspecified atom stereocenters. The average Bonchev–Trinajstić information content (AvgIpc) is 2.97. The van der Waals surface area contributed by atoms with E-state index in [0.717, 1.165) is 17.9 Å². The van der Waals surface area contributed by atoms with E-state index in [1.807, 2.05) is 6.20 Å². The molecule has 2 aliphatic carbocycles. The quantitative estimate of drug-likeness (QED) is 0.909. The normalized spacial score (nSPS) is 22.1. The van der Waals surface area contributed by atoms with Crippen LogP contribution < -0.4 is 5.32 Å². The van der Waals surface area contributed by atoms with Gasteiger partial charge in [0.15, 0.2) is 11.5 Å². The van der Waals surface area contributed by atoms with Crippen molar-refractivity contribution in [3.8, 4) is 0 Å². The van der Waals surface area contributed by atoms with Crippen molar-refractivity contribution in [2.24, 2.45) is 0 Å². The highest BCUT2D eigenvalue weighted by Gasteiger charge is 2.24. The lowest BCUT2D eigenvalue weighted by atomic mass is 9.82. The number of allylic oxidation sites excluding steroid dienone is 3. The molecule has 1 atom stereocenters. The van der Waals surface area contributed by atoms with Crippen LogP contribution in [0.25, 0.3) is 5.65 Å². The van der Waals surface area contributed by atoms with E-state index >= 15 is 0 Å². The Morgan fingerprint density at radius 3 is 3.25 bits per heavy atom. The highest BCUT2D eigenvalue weighted by atomic mass is 15.3. The molecule has 0 bridgehead atoms. The third-order valence-corrected chi connectivity index (χ3v) is 4.18. The zero-order valence-corrected chi connectivity index (χ0v) is 11.3. The van der Waals surface area contributed by atoms with Crippen LogP contribution in [0.15, 0.2) is 42.0 Å². The number of nitrogens with zero attached hydrogens (tertiary/aromatic N) is 4. The van der Waals surface area contributed by atoms with Gasteiger partial charge in [-0.3, -0.25) is 0 Å². The van der Waals surface area contributed by atoms with Crippen LogP contribution in [0.3, 0.4) is 0 Å². The maximum atomic E-state index is 4.36. The predicted octanol–water partition coefficient (Wildman–Crippen LogP) is 2.74. The van der Waals surface area contributed by atoms with Crippen molar-refractivity contribution in [1.29, 1.82) is 0 Å². The van der Waals surface area contributed by atoms with Gasteiger partial charge < -0.3 is 5.32 Å². The molecule has 0 fully saturated rings. The van der Waals surface area contributed by atoms with Gasteiger partial charge in [-0.15, -0.1) is 0 Å². The van der Waals surface area contributed by atoms with Crippen LogP contribution in [0.1, 0.15) is 32.1 Å². The first kappa shape index (κ1) is 11.6. The Morgan fingerprint density at radius 1 is 1.25 bits per heavy atom. The summed E-state index contributed by atoms with van der Waals surface area (Å²) in [5, 5.41) is 7.74. The van der Waals surface area contributed by atoms with Crippen molar-refractivity contribution < 1.29 is 0 Å². The number of nitrogens with one attached hydrogen (secondary N) is 1. The predicted molar refractivity (Wildman–Crippen MR) is 77.4 cm³/mol. The van der Waals surface area contributed by atoms with Gasteiger partial charge in [-0.2, -0.15) is 5.10 Å². The molecule has 20 heavy (non-hydrogen) atoms. The van der Waals surface area contributed by atoms with Gasteiger partial charge in [-0.25, -0.2) is 14.5 Å². The maximum absolute atomic E-state index is 4.36. The first-order valence-corrected chi connectivity index (χ1v) is 7.21. The van der Waals surface area contributed by atoms with Crippen LogP contribution in [-0.4, -0.2) is 25.6 Å². The minimum atomic E-state index is 0.388. The Kier molecular flexibility index (Phi) is 2.76. The molecule has 0 radical (unpaired) electrons. The van der Waals surface area contributed by atoms with Crippen molar-refractivity contribution in [2.75, 3.05) is 5.32 Å². The molecule has 2 aromatic rings. The molecule has 0 aromatic carbocycles. The molecule has 1 N–H and O–H groups in total. The van der Waals surface area contributed by atoms with Crippen LogP contribution in [-0.2, 0) is 0 Å². The lowest BCUT2D eigenvalue weighted by Gasteiger charge is -2.30. The topological polar surface area (TPSA) is 55.1 Å². The number of rotatable bonds is 2. The first-order chi connectivity index (χ1) is 9.92. The molecule has 5 nitrogen and oxygen atoms in total. The first-order valence-electron chi connectivity index (χ1n) is 7.21. The fourth-order valence-corrected chi connectivity index (χ4v) is 3.23. The van der Waals surface area contributed by atoms with E-state index < -0.39 is 0 Å². The highest BCUT2D eigenvalue weighted by molar-refractivity contribution is 5.62. The number of aromatic nitrogens is 4. The Morgan fingerprint density at radius 2 is 2.25 bits per heavy atom. The number of hydrogen-bond donors (Lipinski definition) is 1. The fourth-order valence-electron chi connectivity index (χ4n) is 3.23. The molecule has 102 valence electrons. The molecule has 2 aliphatic rings. The van der Waals surface area contributed by atoms with Gasteiger partial charge >= 0.3 is 0 Å². The van der Waals surface area contributed by atoms with Gasteiger partial charge in [0.25, 0.3) is 0 Å². The SMILES string of the molecule is C1=CC2=C(CC1)C(Nc1ncnn3ccnc13)CCC2. The minimum Gasteiger partial charge on any atom is -0.360 e. The molecule has 0 saturated heterocycles. The highest BCUT2D eigenvalue weighted by Crippen LogP contribution is 2.33. The van der Waals surface area contributed by atoms with E-state index in [2.05, 4.69) is 32.5 Å². The molecular weight excluding hydrogens is 250 g/mol. The summed E-state index contributed by atoms with van der Waals surface area (Å²) in [4.78, 5) is 8.70. The molecule has 2 aromatic heterocycles. The fraction of sp³-hybridized carbons (Fsp3) is 0.400. The smallest absolute Gasteiger partial charge is 0.196 e. The van der Waals surface area contributed by atoms with Crippen molar-refractivity contribution in [2.45, 2.75) is 38.1 Å². The van der Waals surface area contributed by atoms with E-state index in [-0.39, 0.29) is 0 Å². The molecule has 5 heteroatoms. The Labute approximate surface area is 117 Å². The van der Waals surface area contributed by atoms with Crippen LogP contribution in [0.4, 0.5) is 5.82 Å². The molecule has 0 spiro atoms. The molecule has 0 aliphatic heterocycles. The second-order valence-electron chi connectivity index (χ2n) is 5.38. The molecular formula is C15H17N5. The zero-order valence-electron chi connectivity index (χ0n) is 11.3. The average molecular weight is 267 g/mol. The summed E-state index contributed by atoms with van der Waals surface area (Å²) >= 11 is 0. The zero-order chi connectivity index (χ0) is 13.4. The van der Waals surface area contributed by atoms with Crippen LogP contribution in [0, 0.1) is 0 Å². The van der Waals surface area contributed by atoms with Gasteiger partial charge in [0, 0.05) is 18.4 Å². The number of imidazole rings is 1. The summed E-state index contributed by atoms with van der Waals surface area (Å²) in [7, 11) is 0. The molecule has 0 saturated carbocycles. The largest absolute Gasteiger partial charge is 0.360 e. The number of hydrogen-bond acceptors (Lipinski definition) is 4. The standard InChI is InChI=1S/C15H17N5/c1-2-6-12-11(4-1)5-3-7-13(12)19-14-15-16-8-9-20(15)18-10-17-14/h1,4,8-10,13H,2-3,5-7H2,(H,17,18,19). The third kappa shape index (κ3) is 1.90. The van der Waals surface area contributed by atoms with Crippen LogP contribution >= 0.6 is 0 Å². The van der Waals surface area contributed by atoms with E-state index in [1.54, 1.807) is 22.6 Å². The van der Waals surface area contributed by atoms with E-state index in [9.17, 15) is 0 Å². The molecule has 4 rings (SSSR count). The second-order valence-corrected chi connectivity index (χ2v) is 5.38. The van der Waals surface area contributed by atoms with Gasteiger partial charge in [-0.05, 0) is 43.3 Å². The molecule has 2 heterocycles. The summed E-state index contributed by atoms with van der Waals surface area (Å²) < 4.78 is 1.76. The van der Waals surface area contributed by atoms with Crippen molar-refractivity contribution in [3.63, 3.8) is 0 Å². The minimum absolute atomic E-state index is 0.388. The molecule has 0 amide bonds. The van der Waals surface area contributed by atoms with E-state index in [4.69, 9.17) is 0 Å². The Bertz CT molecular complexity index is 697. The Balaban J connectivity index is 1.68. The summed E-state index contributed by atoms with van der Waals surface area (Å²) in [5.74, 6) is 0.832. The third-order valence-electron chi connectivity index (χ3n) is 4.18. The number of fused-ring (bicyclic) bond motifs is 1. The number of anilines is 1. The van der Waals surface area contributed by atoms with Crippen molar-refractivity contribution in [3.05, 3.63) is 42.0 Å². The van der Waals surface area contributed by atoms with Gasteiger partial charge in [-0.1, -0.05) is 12.2 Å². The van der Waals surface area contributed by atoms with Crippen LogP contribution in [0.5, 0.6) is 0 Å². The van der Waals surface area contributed by atoms with E-state index in [0.29, 0.717) is 6.04 Å². The monoisotopic (exact) mass is 267 g/mol.